The van der Waals surface area contributed by atoms with Crippen LogP contribution in [-0.2, 0) is 10.9 Å². The third-order valence-electron chi connectivity index (χ3n) is 5.45. The predicted octanol–water partition coefficient (Wildman–Crippen LogP) is 3.77. The Morgan fingerprint density at radius 1 is 1.36 bits per heavy atom. The SMILES string of the molecule is C[C@]12[C@H](CN(c3ccc(C#N)c(C(F)(F)F)c3)S1(O)O)[C@@H]1C=C[C@H]2O1. The Balaban J connectivity index is 1.79. The van der Waals surface area contributed by atoms with E-state index in [1.807, 2.05) is 6.08 Å². The second-order valence-electron chi connectivity index (χ2n) is 6.62. The number of fused-ring (bicyclic) bond motifs is 5. The average molecular weight is 372 g/mol. The Bertz CT molecular complexity index is 820. The third kappa shape index (κ3) is 2.02. The molecule has 0 spiro atoms. The zero-order valence-corrected chi connectivity index (χ0v) is 13.9. The average Bonchev–Trinajstić information content (AvgIpc) is 3.17. The molecule has 2 fully saturated rings. The number of hydrogen-bond acceptors (Lipinski definition) is 5. The molecule has 1 aromatic rings. The number of nitriles is 1. The summed E-state index contributed by atoms with van der Waals surface area (Å²) in [6, 6.07) is 4.72. The van der Waals surface area contributed by atoms with Gasteiger partial charge in [-0.1, -0.05) is 12.2 Å². The summed E-state index contributed by atoms with van der Waals surface area (Å²) >= 11 is 0. The number of anilines is 1. The van der Waals surface area contributed by atoms with Crippen molar-refractivity contribution in [2.24, 2.45) is 5.92 Å². The van der Waals surface area contributed by atoms with Gasteiger partial charge in [-0.15, -0.1) is 10.8 Å². The molecule has 4 atom stereocenters. The van der Waals surface area contributed by atoms with Gasteiger partial charge >= 0.3 is 6.18 Å². The third-order valence-corrected chi connectivity index (χ3v) is 8.14. The summed E-state index contributed by atoms with van der Waals surface area (Å²) in [6.45, 7) is 1.88. The fourth-order valence-electron chi connectivity index (χ4n) is 4.00. The molecule has 25 heavy (non-hydrogen) atoms. The number of rotatable bonds is 1. The van der Waals surface area contributed by atoms with Crippen LogP contribution in [-0.4, -0.2) is 32.6 Å². The van der Waals surface area contributed by atoms with Crippen molar-refractivity contribution < 1.29 is 27.0 Å². The van der Waals surface area contributed by atoms with E-state index < -0.39 is 38.9 Å². The van der Waals surface area contributed by atoms with Crippen LogP contribution in [0, 0.1) is 17.2 Å². The number of ether oxygens (including phenoxy) is 1. The van der Waals surface area contributed by atoms with Gasteiger partial charge in [0.1, 0.15) is 10.9 Å². The minimum atomic E-state index is -4.70. The second-order valence-corrected chi connectivity index (χ2v) is 8.97. The lowest BCUT2D eigenvalue weighted by Crippen LogP contribution is -2.43. The molecule has 134 valence electrons. The van der Waals surface area contributed by atoms with Crippen LogP contribution in [0.15, 0.2) is 30.4 Å². The van der Waals surface area contributed by atoms with Crippen LogP contribution in [0.2, 0.25) is 0 Å². The largest absolute Gasteiger partial charge is 0.417 e. The van der Waals surface area contributed by atoms with Crippen molar-refractivity contribution in [1.82, 2.24) is 0 Å². The number of benzene rings is 1. The molecule has 4 rings (SSSR count). The van der Waals surface area contributed by atoms with Gasteiger partial charge in [-0.05, 0) is 25.1 Å². The minimum absolute atomic E-state index is 0.0429. The van der Waals surface area contributed by atoms with Gasteiger partial charge in [-0.3, -0.25) is 13.4 Å². The Labute approximate surface area is 143 Å². The van der Waals surface area contributed by atoms with Gasteiger partial charge in [0.15, 0.2) is 0 Å². The lowest BCUT2D eigenvalue weighted by molar-refractivity contribution is -0.137. The first kappa shape index (κ1) is 16.7. The summed E-state index contributed by atoms with van der Waals surface area (Å²) < 4.78 is 67.4. The van der Waals surface area contributed by atoms with E-state index in [-0.39, 0.29) is 24.3 Å². The van der Waals surface area contributed by atoms with Crippen LogP contribution in [0.5, 0.6) is 0 Å². The number of alkyl halides is 3. The molecule has 0 saturated carbocycles. The normalized spacial score (nSPS) is 36.4. The van der Waals surface area contributed by atoms with E-state index in [1.54, 1.807) is 13.0 Å². The number of hydrogen-bond donors (Lipinski definition) is 2. The molecule has 1 aromatic carbocycles. The van der Waals surface area contributed by atoms with Crippen LogP contribution in [0.4, 0.5) is 18.9 Å². The highest BCUT2D eigenvalue weighted by Crippen LogP contribution is 2.71. The second kappa shape index (κ2) is 4.92. The molecule has 0 aliphatic carbocycles. The van der Waals surface area contributed by atoms with Gasteiger partial charge in [0.25, 0.3) is 0 Å². The summed E-state index contributed by atoms with van der Waals surface area (Å²) in [5.74, 6) is -0.225. The van der Waals surface area contributed by atoms with E-state index >= 15 is 0 Å². The van der Waals surface area contributed by atoms with E-state index in [0.29, 0.717) is 0 Å². The van der Waals surface area contributed by atoms with Gasteiger partial charge in [-0.25, -0.2) is 0 Å². The van der Waals surface area contributed by atoms with Crippen molar-refractivity contribution >= 4 is 16.5 Å². The molecule has 0 aromatic heterocycles. The summed E-state index contributed by atoms with van der Waals surface area (Å²) in [5, 5.41) is 8.91. The highest BCUT2D eigenvalue weighted by Gasteiger charge is 2.67. The molecule has 2 N–H and O–H groups in total. The summed E-state index contributed by atoms with van der Waals surface area (Å²) in [7, 11) is -3.42. The van der Waals surface area contributed by atoms with Crippen molar-refractivity contribution in [1.29, 1.82) is 5.26 Å². The van der Waals surface area contributed by atoms with Gasteiger partial charge in [-0.2, -0.15) is 18.4 Å². The standard InChI is InChI=1S/C16H15F3N2O3S/c1-15-12(13-4-5-14(15)24-13)8-21(25(15,22)23)10-3-2-9(7-20)11(6-10)16(17,18)19/h2-6,12-14,22-23H,8H2,1H3/t12-,13+,14-,15-/m1/s1. The molecule has 5 nitrogen and oxygen atoms in total. The highest BCUT2D eigenvalue weighted by molar-refractivity contribution is 8.26. The van der Waals surface area contributed by atoms with Crippen molar-refractivity contribution in [3.63, 3.8) is 0 Å². The van der Waals surface area contributed by atoms with Gasteiger partial charge in [0.05, 0.1) is 29.0 Å². The number of halogens is 3. The first-order valence-corrected chi connectivity index (χ1v) is 9.11. The first-order chi connectivity index (χ1) is 11.6. The van der Waals surface area contributed by atoms with Gasteiger partial charge < -0.3 is 4.74 Å². The van der Waals surface area contributed by atoms with E-state index in [2.05, 4.69) is 0 Å². The summed E-state index contributed by atoms with van der Waals surface area (Å²) in [5.41, 5.74) is -1.54. The smallest absolute Gasteiger partial charge is 0.364 e. The maximum atomic E-state index is 13.2. The maximum absolute atomic E-state index is 13.2. The van der Waals surface area contributed by atoms with E-state index in [4.69, 9.17) is 10.00 Å². The van der Waals surface area contributed by atoms with Crippen LogP contribution in [0.3, 0.4) is 0 Å². The monoisotopic (exact) mass is 372 g/mol. The Kier molecular flexibility index (Phi) is 3.29. The van der Waals surface area contributed by atoms with Crippen LogP contribution in [0.25, 0.3) is 0 Å². The zero-order valence-electron chi connectivity index (χ0n) is 13.1. The molecule has 2 bridgehead atoms. The zero-order chi connectivity index (χ0) is 18.2. The molecule has 0 radical (unpaired) electrons. The topological polar surface area (TPSA) is 76.7 Å². The fourth-order valence-corrected chi connectivity index (χ4v) is 6.31. The van der Waals surface area contributed by atoms with E-state index in [9.17, 15) is 22.3 Å². The predicted molar refractivity (Wildman–Crippen MR) is 86.0 cm³/mol. The molecule has 3 aliphatic rings. The van der Waals surface area contributed by atoms with Crippen molar-refractivity contribution in [3.8, 4) is 6.07 Å². The van der Waals surface area contributed by atoms with Gasteiger partial charge in [0.2, 0.25) is 0 Å². The molecule has 3 heterocycles. The van der Waals surface area contributed by atoms with Crippen molar-refractivity contribution in [2.45, 2.75) is 30.1 Å². The Morgan fingerprint density at radius 2 is 2.08 bits per heavy atom. The molecule has 0 unspecified atom stereocenters. The molecule has 3 aliphatic heterocycles. The maximum Gasteiger partial charge on any atom is 0.417 e. The molecular weight excluding hydrogens is 357 g/mol. The molecule has 2 saturated heterocycles. The summed E-state index contributed by atoms with van der Waals surface area (Å²) in [6.07, 6.45) is -1.81. The molecule has 0 amide bonds. The van der Waals surface area contributed by atoms with Crippen LogP contribution in [0.1, 0.15) is 18.1 Å². The molecular formula is C16H15F3N2O3S. The lowest BCUT2D eigenvalue weighted by Gasteiger charge is -2.49. The summed E-state index contributed by atoms with van der Waals surface area (Å²) in [4.78, 5) is 0. The van der Waals surface area contributed by atoms with E-state index in [1.165, 1.54) is 16.4 Å². The van der Waals surface area contributed by atoms with Crippen LogP contribution < -0.4 is 4.31 Å². The first-order valence-electron chi connectivity index (χ1n) is 7.61. The molecule has 9 heteroatoms. The van der Waals surface area contributed by atoms with Gasteiger partial charge in [0, 0.05) is 12.5 Å². The minimum Gasteiger partial charge on any atom is -0.364 e. The van der Waals surface area contributed by atoms with Crippen LogP contribution >= 0.6 is 10.8 Å². The highest BCUT2D eigenvalue weighted by atomic mass is 32.3. The fraction of sp³-hybridized carbons (Fsp3) is 0.438. The van der Waals surface area contributed by atoms with E-state index in [0.717, 1.165) is 12.1 Å². The number of nitrogens with zero attached hydrogens (tertiary/aromatic N) is 2. The van der Waals surface area contributed by atoms with Crippen molar-refractivity contribution in [2.75, 3.05) is 10.8 Å². The Hall–Kier alpha value is -1.73. The quantitative estimate of drug-likeness (QED) is 0.734. The van der Waals surface area contributed by atoms with Crippen molar-refractivity contribution in [3.05, 3.63) is 41.5 Å². The lowest BCUT2D eigenvalue weighted by atomic mass is 9.83. The Morgan fingerprint density at radius 3 is 2.68 bits per heavy atom.